The second kappa shape index (κ2) is 19.0. The first-order valence-corrected chi connectivity index (χ1v) is 22.4. The van der Waals surface area contributed by atoms with Gasteiger partial charge in [-0.25, -0.2) is 9.18 Å². The lowest BCUT2D eigenvalue weighted by molar-refractivity contribution is 0.0690. The number of ether oxygens (including phenoxy) is 2. The molecule has 5 aromatic carbocycles. The van der Waals surface area contributed by atoms with Crippen molar-refractivity contribution in [1.29, 1.82) is 0 Å². The number of phenols is 1. The maximum absolute atomic E-state index is 14.2. The Bertz CT molecular complexity index is 3360. The molecule has 6 aromatic rings. The molecule has 0 aliphatic carbocycles. The number of aryl methyl sites for hydroxylation is 1. The largest absolute Gasteiger partial charge is 0.505 e. The molecule has 0 bridgehead atoms. The van der Waals surface area contributed by atoms with Gasteiger partial charge in [0.25, 0.3) is 30.4 Å². The van der Waals surface area contributed by atoms with Crippen LogP contribution in [0.5, 0.6) is 23.1 Å². The van der Waals surface area contributed by atoms with Gasteiger partial charge in [0.15, 0.2) is 17.3 Å². The molecule has 0 amide bonds. The minimum Gasteiger partial charge on any atom is -0.505 e. The van der Waals surface area contributed by atoms with E-state index >= 15 is 0 Å². The summed E-state index contributed by atoms with van der Waals surface area (Å²) in [6.45, 7) is -0.397. The Labute approximate surface area is 370 Å². The van der Waals surface area contributed by atoms with Crippen molar-refractivity contribution >= 4 is 81.2 Å². The molecule has 66 heavy (non-hydrogen) atoms. The molecule has 6 rings (SSSR count). The number of azo groups is 3. The molecule has 0 radical (unpaired) electrons. The summed E-state index contributed by atoms with van der Waals surface area (Å²) in [6, 6.07) is 12.9. The maximum Gasteiger partial charge on any atom is 0.358 e. The van der Waals surface area contributed by atoms with Gasteiger partial charge in [0.1, 0.15) is 67.8 Å². The Morgan fingerprint density at radius 3 is 1.79 bits per heavy atom. The second-order valence-electron chi connectivity index (χ2n) is 13.2. The predicted octanol–water partition coefficient (Wildman–Crippen LogP) is 6.31. The first-order chi connectivity index (χ1) is 31.0. The van der Waals surface area contributed by atoms with E-state index in [-0.39, 0.29) is 39.8 Å². The number of fused-ring (bicyclic) bond motifs is 1. The number of aromatic hydroxyl groups is 2. The van der Waals surface area contributed by atoms with Gasteiger partial charge in [0.05, 0.1) is 18.9 Å². The van der Waals surface area contributed by atoms with Gasteiger partial charge in [-0.05, 0) is 55.0 Å². The van der Waals surface area contributed by atoms with Crippen LogP contribution in [0.2, 0.25) is 0 Å². The van der Waals surface area contributed by atoms with Gasteiger partial charge in [0.2, 0.25) is 11.6 Å². The summed E-state index contributed by atoms with van der Waals surface area (Å²) in [7, 11) is -16.0. The van der Waals surface area contributed by atoms with Crippen LogP contribution >= 0.6 is 0 Å². The van der Waals surface area contributed by atoms with E-state index in [1.807, 2.05) is 0 Å². The van der Waals surface area contributed by atoms with Crippen molar-refractivity contribution in [3.8, 4) is 28.8 Å². The van der Waals surface area contributed by atoms with E-state index in [9.17, 15) is 73.6 Å². The number of aromatic nitrogens is 2. The number of nitrogens with zero attached hydrogens (tertiary/aromatic N) is 8. The summed E-state index contributed by atoms with van der Waals surface area (Å²) in [5.74, 6) is -5.75. The van der Waals surface area contributed by atoms with E-state index in [0.29, 0.717) is 11.6 Å². The summed E-state index contributed by atoms with van der Waals surface area (Å²) in [4.78, 5) is 8.87. The Kier molecular flexibility index (Phi) is 13.8. The first kappa shape index (κ1) is 48.1. The number of aliphatic hydroxyl groups is 2. The van der Waals surface area contributed by atoms with Crippen molar-refractivity contribution in [3.05, 3.63) is 89.9 Å². The third kappa shape index (κ3) is 10.3. The first-order valence-electron chi connectivity index (χ1n) is 18.1. The fourth-order valence-corrected chi connectivity index (χ4v) is 8.14. The van der Waals surface area contributed by atoms with Gasteiger partial charge >= 0.3 is 5.97 Å². The van der Waals surface area contributed by atoms with E-state index in [1.54, 1.807) is 6.92 Å². The van der Waals surface area contributed by atoms with Gasteiger partial charge in [0, 0.05) is 22.9 Å². The van der Waals surface area contributed by atoms with E-state index in [2.05, 4.69) is 35.8 Å². The molecule has 0 spiro atoms. The van der Waals surface area contributed by atoms with Crippen molar-refractivity contribution in [1.82, 2.24) is 9.78 Å². The minimum absolute atomic E-state index is 0.225. The monoisotopic (exact) mass is 974 g/mol. The van der Waals surface area contributed by atoms with Crippen LogP contribution in [-0.4, -0.2) is 107 Å². The molecule has 29 heteroatoms. The summed E-state index contributed by atoms with van der Waals surface area (Å²) < 4.78 is 132. The van der Waals surface area contributed by atoms with E-state index in [1.165, 1.54) is 24.3 Å². The molecule has 1 aromatic heterocycles. The number of carboxylic acids is 1. The topological polar surface area (TPSA) is 392 Å². The van der Waals surface area contributed by atoms with E-state index < -0.39 is 127 Å². The summed E-state index contributed by atoms with van der Waals surface area (Å²) >= 11 is 0. The molecule has 0 aliphatic heterocycles. The van der Waals surface area contributed by atoms with Crippen molar-refractivity contribution in [2.45, 2.75) is 21.6 Å². The highest BCUT2D eigenvalue weighted by Gasteiger charge is 2.32. The maximum atomic E-state index is 14.2. The molecule has 346 valence electrons. The smallest absolute Gasteiger partial charge is 0.358 e. The quantitative estimate of drug-likeness (QED) is 0.0366. The number of halogens is 1. The summed E-state index contributed by atoms with van der Waals surface area (Å²) in [5.41, 5.74) is -4.80. The van der Waals surface area contributed by atoms with Crippen molar-refractivity contribution in [2.75, 3.05) is 26.4 Å². The standard InChI is InChI=1S/C37H31FN8O17S3/c1-18-6-8-23(29(14-18)64(53,54)55)40-41-24-16-28(63-13-11-48)25(17-27(24)62-12-10-47)42-43-31-30(65(56,57)58)15-20-19(34(31)49)7-9-26(35(20)66(59,60)61)46-36(50)32(33(45-46)37(51)52)44-39-22-5-3-2-4-21(22)38/h2-9,14-17,47-50H,10-13H2,1H3,(H,51,52)(H,53,54,55)(H,56,57,58)(H,59,60,61). The number of hydrogen-bond acceptors (Lipinski definition) is 20. The molecule has 0 atom stereocenters. The Balaban J connectivity index is 1.54. The van der Waals surface area contributed by atoms with Crippen LogP contribution in [0.4, 0.5) is 38.5 Å². The number of aromatic carboxylic acids is 1. The molecule has 0 aliphatic rings. The zero-order chi connectivity index (χ0) is 48.3. The second-order valence-corrected chi connectivity index (χ2v) is 17.3. The molecule has 8 N–H and O–H groups in total. The molecule has 1 heterocycles. The zero-order valence-electron chi connectivity index (χ0n) is 33.2. The van der Waals surface area contributed by atoms with Crippen molar-refractivity contribution in [3.63, 3.8) is 0 Å². The van der Waals surface area contributed by atoms with E-state index in [0.717, 1.165) is 42.5 Å². The molecule has 0 fully saturated rings. The normalized spacial score (nSPS) is 12.5. The van der Waals surface area contributed by atoms with Crippen LogP contribution in [0.15, 0.2) is 118 Å². The van der Waals surface area contributed by atoms with Gasteiger partial charge in [-0.2, -0.15) is 35.0 Å². The molecule has 0 saturated heterocycles. The lowest BCUT2D eigenvalue weighted by Crippen LogP contribution is -2.09. The Morgan fingerprint density at radius 2 is 1.23 bits per heavy atom. The predicted molar refractivity (Wildman–Crippen MR) is 223 cm³/mol. The number of benzene rings is 5. The molecular formula is C37H31FN8O17S3. The van der Waals surface area contributed by atoms with Crippen molar-refractivity contribution in [2.24, 2.45) is 30.7 Å². The lowest BCUT2D eigenvalue weighted by Gasteiger charge is -2.15. The average molecular weight is 975 g/mol. The fourth-order valence-electron chi connectivity index (χ4n) is 5.91. The Morgan fingerprint density at radius 1 is 0.667 bits per heavy atom. The van der Waals surface area contributed by atoms with Crippen LogP contribution in [0.1, 0.15) is 16.1 Å². The lowest BCUT2D eigenvalue weighted by atomic mass is 10.1. The third-order valence-corrected chi connectivity index (χ3v) is 11.4. The van der Waals surface area contributed by atoms with Gasteiger partial charge in [-0.15, -0.1) is 30.7 Å². The number of carbonyl (C=O) groups is 1. The number of aliphatic hydroxyl groups excluding tert-OH is 2. The van der Waals surface area contributed by atoms with Crippen LogP contribution in [0.3, 0.4) is 0 Å². The summed E-state index contributed by atoms with van der Waals surface area (Å²) in [5, 5.41) is 76.2. The SMILES string of the molecule is Cc1ccc(N=Nc2cc(OCCO)c(N=Nc3c(S(=O)(=O)O)cc4c(S(=O)(=O)O)c(-n5nc(C(=O)O)c(N=Nc6ccccc6F)c5O)ccc4c3O)cc2OCCO)c(S(=O)(=O)O)c1. The highest BCUT2D eigenvalue weighted by molar-refractivity contribution is 7.86. The minimum atomic E-state index is -5.61. The zero-order valence-corrected chi connectivity index (χ0v) is 35.6. The number of rotatable bonds is 17. The highest BCUT2D eigenvalue weighted by atomic mass is 32.2. The van der Waals surface area contributed by atoms with Crippen LogP contribution in [0, 0.1) is 12.7 Å². The molecule has 0 unspecified atom stereocenters. The number of phenolic OH excluding ortho intramolecular Hbond substituents is 1. The molecular weight excluding hydrogens is 944 g/mol. The number of carboxylic acid groups (broad SMARTS) is 1. The van der Waals surface area contributed by atoms with Gasteiger partial charge in [-0.3, -0.25) is 13.7 Å². The molecule has 0 saturated carbocycles. The van der Waals surface area contributed by atoms with Gasteiger partial charge in [-0.1, -0.05) is 18.2 Å². The molecule has 25 nitrogen and oxygen atoms in total. The fraction of sp³-hybridized carbons (Fsp3) is 0.135. The van der Waals surface area contributed by atoms with Gasteiger partial charge < -0.3 is 35.0 Å². The third-order valence-electron chi connectivity index (χ3n) is 8.73. The highest BCUT2D eigenvalue weighted by Crippen LogP contribution is 2.47. The van der Waals surface area contributed by atoms with Crippen LogP contribution in [-0.2, 0) is 30.4 Å². The average Bonchev–Trinajstić information content (AvgIpc) is 3.58. The van der Waals surface area contributed by atoms with Crippen LogP contribution < -0.4 is 9.47 Å². The number of hydrogen-bond donors (Lipinski definition) is 8. The Hall–Kier alpha value is -7.38. The van der Waals surface area contributed by atoms with Crippen molar-refractivity contribution < 1.29 is 83.1 Å². The van der Waals surface area contributed by atoms with E-state index in [4.69, 9.17) is 9.47 Å². The summed E-state index contributed by atoms with van der Waals surface area (Å²) in [6.07, 6.45) is 0. The van der Waals surface area contributed by atoms with Crippen LogP contribution in [0.25, 0.3) is 16.5 Å².